The number of imidazole rings is 1. The maximum atomic E-state index is 5.83. The van der Waals surface area contributed by atoms with Crippen LogP contribution in [-0.4, -0.2) is 17.2 Å². The minimum Gasteiger partial charge on any atom is -0.306 e. The summed E-state index contributed by atoms with van der Waals surface area (Å²) in [5.41, 5.74) is 2.07. The average Bonchev–Trinajstić information content (AvgIpc) is 2.34. The lowest BCUT2D eigenvalue weighted by Crippen LogP contribution is -2.06. The molecule has 0 fully saturated rings. The van der Waals surface area contributed by atoms with Gasteiger partial charge in [0.2, 0.25) is 0 Å². The lowest BCUT2D eigenvalue weighted by molar-refractivity contribution is 1.20. The van der Waals surface area contributed by atoms with Crippen molar-refractivity contribution in [2.75, 3.05) is 0 Å². The summed E-state index contributed by atoms with van der Waals surface area (Å²) in [4.78, 5) is 4.16. The third-order valence-corrected chi connectivity index (χ3v) is 1.84. The molecule has 0 saturated heterocycles. The van der Waals surface area contributed by atoms with Crippen LogP contribution in [0, 0.1) is 0 Å². The molecule has 0 spiro atoms. The van der Waals surface area contributed by atoms with E-state index in [4.69, 9.17) is 11.6 Å². The topological polar surface area (TPSA) is 17.3 Å². The first-order valence-electron chi connectivity index (χ1n) is 3.36. The van der Waals surface area contributed by atoms with E-state index >= 15 is 0 Å². The summed E-state index contributed by atoms with van der Waals surface area (Å²) in [5, 5.41) is 0.744. The highest BCUT2D eigenvalue weighted by Gasteiger charge is 1.98. The maximum absolute atomic E-state index is 5.83. The molecule has 0 atom stereocenters. The van der Waals surface area contributed by atoms with Gasteiger partial charge in [-0.25, -0.2) is 4.98 Å². The first kappa shape index (κ1) is 6.74. The van der Waals surface area contributed by atoms with Crippen LogP contribution in [-0.2, 0) is 0 Å². The molecule has 0 aliphatic rings. The number of hydrogen-bond acceptors (Lipinski definition) is 1. The van der Waals surface area contributed by atoms with Crippen molar-refractivity contribution in [3.8, 4) is 0 Å². The number of nitrogens with zero attached hydrogens (tertiary/aromatic N) is 2. The summed E-state index contributed by atoms with van der Waals surface area (Å²) in [6.45, 7) is 0. The van der Waals surface area contributed by atoms with Crippen LogP contribution in [0.5, 0.6) is 0 Å². The standard InChI is InChI=1S/C7H6BClN2/c8-6-3-5(9)4-11-2-1-10-7(6)11/h1-4H,8H2. The fourth-order valence-electron chi connectivity index (χ4n) is 1.16. The van der Waals surface area contributed by atoms with Crippen LogP contribution in [0.1, 0.15) is 0 Å². The molecule has 2 rings (SSSR count). The molecular formula is C7H6BClN2. The van der Waals surface area contributed by atoms with E-state index in [0.29, 0.717) is 0 Å². The zero-order valence-corrected chi connectivity index (χ0v) is 6.84. The molecular weight excluding hydrogens is 158 g/mol. The molecule has 2 heterocycles. The van der Waals surface area contributed by atoms with Gasteiger partial charge in [0.25, 0.3) is 0 Å². The van der Waals surface area contributed by atoms with Crippen molar-refractivity contribution in [1.29, 1.82) is 0 Å². The third-order valence-electron chi connectivity index (χ3n) is 1.64. The van der Waals surface area contributed by atoms with Gasteiger partial charge in [0.05, 0.1) is 5.02 Å². The lowest BCUT2D eigenvalue weighted by Gasteiger charge is -1.97. The molecule has 0 radical (unpaired) electrons. The van der Waals surface area contributed by atoms with Crippen molar-refractivity contribution in [1.82, 2.24) is 9.38 Å². The van der Waals surface area contributed by atoms with E-state index in [-0.39, 0.29) is 0 Å². The minimum absolute atomic E-state index is 0.744. The van der Waals surface area contributed by atoms with Crippen molar-refractivity contribution in [3.63, 3.8) is 0 Å². The molecule has 2 aromatic rings. The predicted octanol–water partition coefficient (Wildman–Crippen LogP) is 0.246. The minimum atomic E-state index is 0.744. The Morgan fingerprint density at radius 3 is 3.18 bits per heavy atom. The van der Waals surface area contributed by atoms with Gasteiger partial charge in [0, 0.05) is 18.6 Å². The van der Waals surface area contributed by atoms with E-state index in [2.05, 4.69) is 4.98 Å². The molecule has 0 aromatic carbocycles. The van der Waals surface area contributed by atoms with E-state index in [9.17, 15) is 0 Å². The van der Waals surface area contributed by atoms with E-state index in [0.717, 1.165) is 16.1 Å². The number of aromatic nitrogens is 2. The Morgan fingerprint density at radius 2 is 2.36 bits per heavy atom. The van der Waals surface area contributed by atoms with Gasteiger partial charge in [-0.15, -0.1) is 0 Å². The van der Waals surface area contributed by atoms with Crippen LogP contribution in [0.2, 0.25) is 5.02 Å². The fraction of sp³-hybridized carbons (Fsp3) is 0. The largest absolute Gasteiger partial charge is 0.306 e. The summed E-state index contributed by atoms with van der Waals surface area (Å²) in [5.74, 6) is 0. The van der Waals surface area contributed by atoms with Crippen LogP contribution in [0.15, 0.2) is 24.7 Å². The van der Waals surface area contributed by atoms with Gasteiger partial charge >= 0.3 is 0 Å². The van der Waals surface area contributed by atoms with Crippen LogP contribution >= 0.6 is 11.6 Å². The Bertz CT molecular complexity index is 396. The number of rotatable bonds is 0. The second-order valence-corrected chi connectivity index (χ2v) is 2.94. The van der Waals surface area contributed by atoms with Crippen LogP contribution < -0.4 is 5.46 Å². The Kier molecular flexibility index (Phi) is 1.39. The van der Waals surface area contributed by atoms with Crippen molar-refractivity contribution in [2.45, 2.75) is 0 Å². The first-order valence-corrected chi connectivity index (χ1v) is 3.74. The van der Waals surface area contributed by atoms with Crippen LogP contribution in [0.25, 0.3) is 5.65 Å². The van der Waals surface area contributed by atoms with E-state index in [1.54, 1.807) is 6.20 Å². The summed E-state index contributed by atoms with van der Waals surface area (Å²) in [6.07, 6.45) is 5.49. The zero-order chi connectivity index (χ0) is 7.84. The van der Waals surface area contributed by atoms with Gasteiger partial charge in [-0.1, -0.05) is 11.6 Å². The molecule has 0 saturated carbocycles. The van der Waals surface area contributed by atoms with E-state index in [1.165, 1.54) is 0 Å². The molecule has 2 aromatic heterocycles. The highest BCUT2D eigenvalue weighted by atomic mass is 35.5. The van der Waals surface area contributed by atoms with E-state index in [1.807, 2.05) is 30.7 Å². The van der Waals surface area contributed by atoms with Crippen molar-refractivity contribution < 1.29 is 0 Å². The summed E-state index contributed by atoms with van der Waals surface area (Å²) in [7, 11) is 1.99. The first-order chi connectivity index (χ1) is 5.27. The molecule has 11 heavy (non-hydrogen) atoms. The SMILES string of the molecule is Bc1cc(Cl)cn2ccnc12. The van der Waals surface area contributed by atoms with Crippen LogP contribution in [0.4, 0.5) is 0 Å². The molecule has 0 unspecified atom stereocenters. The molecule has 0 aliphatic heterocycles. The zero-order valence-electron chi connectivity index (χ0n) is 6.08. The second-order valence-electron chi connectivity index (χ2n) is 2.50. The Labute approximate surface area is 70.2 Å². The fourth-order valence-corrected chi connectivity index (χ4v) is 1.43. The Morgan fingerprint density at radius 1 is 1.55 bits per heavy atom. The van der Waals surface area contributed by atoms with E-state index < -0.39 is 0 Å². The highest BCUT2D eigenvalue weighted by molar-refractivity contribution is 6.38. The number of fused-ring (bicyclic) bond motifs is 1. The average molecular weight is 164 g/mol. The van der Waals surface area contributed by atoms with Crippen molar-refractivity contribution in [2.24, 2.45) is 0 Å². The predicted molar refractivity (Wildman–Crippen MR) is 48.4 cm³/mol. The van der Waals surface area contributed by atoms with Gasteiger partial charge in [0.1, 0.15) is 13.5 Å². The van der Waals surface area contributed by atoms with Gasteiger partial charge in [0.15, 0.2) is 0 Å². The van der Waals surface area contributed by atoms with Crippen molar-refractivity contribution in [3.05, 3.63) is 29.7 Å². The van der Waals surface area contributed by atoms with Gasteiger partial charge in [-0.3, -0.25) is 0 Å². The summed E-state index contributed by atoms with van der Waals surface area (Å²) < 4.78 is 1.91. The second kappa shape index (κ2) is 2.27. The number of halogens is 1. The molecule has 4 heteroatoms. The maximum Gasteiger partial charge on any atom is 0.144 e. The summed E-state index contributed by atoms with van der Waals surface area (Å²) >= 11 is 5.83. The smallest absolute Gasteiger partial charge is 0.144 e. The molecule has 0 amide bonds. The Hall–Kier alpha value is -0.955. The number of hydrogen-bond donors (Lipinski definition) is 0. The van der Waals surface area contributed by atoms with Gasteiger partial charge in [-0.05, 0) is 11.5 Å². The molecule has 54 valence electrons. The lowest BCUT2D eigenvalue weighted by atomic mass is 9.98. The molecule has 0 N–H and O–H groups in total. The Balaban J connectivity index is 2.91. The van der Waals surface area contributed by atoms with Crippen LogP contribution in [0.3, 0.4) is 0 Å². The normalized spacial score (nSPS) is 10.6. The highest BCUT2D eigenvalue weighted by Crippen LogP contribution is 2.06. The van der Waals surface area contributed by atoms with Gasteiger partial charge in [-0.2, -0.15) is 0 Å². The van der Waals surface area contributed by atoms with Gasteiger partial charge < -0.3 is 4.40 Å². The van der Waals surface area contributed by atoms with Crippen molar-refractivity contribution >= 4 is 30.6 Å². The summed E-state index contributed by atoms with van der Waals surface area (Å²) in [6, 6.07) is 1.91. The molecule has 2 nitrogen and oxygen atoms in total. The number of pyridine rings is 1. The molecule has 0 bridgehead atoms. The monoisotopic (exact) mass is 164 g/mol. The molecule has 0 aliphatic carbocycles. The third kappa shape index (κ3) is 1.01. The quantitative estimate of drug-likeness (QED) is 0.510.